The molecule has 0 radical (unpaired) electrons. The summed E-state index contributed by atoms with van der Waals surface area (Å²) in [5.74, 6) is 0.432. The van der Waals surface area contributed by atoms with Crippen LogP contribution in [0.1, 0.15) is 58.4 Å². The van der Waals surface area contributed by atoms with Crippen molar-refractivity contribution in [2.75, 3.05) is 19.6 Å². The normalized spacial score (nSPS) is 28.6. The quantitative estimate of drug-likeness (QED) is 0.584. The minimum absolute atomic E-state index is 0.123. The highest BCUT2D eigenvalue weighted by Gasteiger charge is 2.44. The summed E-state index contributed by atoms with van der Waals surface area (Å²) in [6.45, 7) is 3.77. The number of hydrogen-bond acceptors (Lipinski definition) is 6. The lowest BCUT2D eigenvalue weighted by molar-refractivity contribution is -0.136. The van der Waals surface area contributed by atoms with Gasteiger partial charge in [-0.1, -0.05) is 6.07 Å². The molecule has 1 saturated carbocycles. The van der Waals surface area contributed by atoms with Gasteiger partial charge in [-0.05, 0) is 80.8 Å². The molecule has 3 fully saturated rings. The zero-order valence-corrected chi connectivity index (χ0v) is 17.5. The van der Waals surface area contributed by atoms with Gasteiger partial charge in [-0.3, -0.25) is 29.4 Å². The molecule has 1 aromatic carbocycles. The molecule has 3 N–H and O–H groups in total. The van der Waals surface area contributed by atoms with E-state index in [0.717, 1.165) is 41.9 Å². The van der Waals surface area contributed by atoms with Gasteiger partial charge in [0.2, 0.25) is 11.8 Å². The van der Waals surface area contributed by atoms with Crippen molar-refractivity contribution >= 4 is 23.6 Å². The standard InChI is InChI=1S/C23H28N4O4/c28-20-6-5-19(21(29)26-20)27-22(30)16-4-1-13(9-17(16)23(27)31)10-25-11-15-7-8-24-12-18(15)14-2-3-14/h1,4,9,14-15,18-19,24-25H,2-3,5-8,10-12H2,(H,26,28,29)/t15-,18+,19?/m0/s1. The maximum atomic E-state index is 12.9. The smallest absolute Gasteiger partial charge is 0.262 e. The molecule has 1 aliphatic carbocycles. The molecular formula is C23H28N4O4. The third-order valence-electron chi connectivity index (χ3n) is 7.14. The number of carbonyl (C=O) groups is 4. The molecule has 31 heavy (non-hydrogen) atoms. The van der Waals surface area contributed by atoms with Gasteiger partial charge in [-0.2, -0.15) is 0 Å². The summed E-state index contributed by atoms with van der Waals surface area (Å²) in [6.07, 6.45) is 4.19. The maximum absolute atomic E-state index is 12.9. The molecule has 3 aliphatic heterocycles. The molecule has 4 aliphatic rings. The predicted octanol–water partition coefficient (Wildman–Crippen LogP) is 0.813. The fraction of sp³-hybridized carbons (Fsp3) is 0.565. The summed E-state index contributed by atoms with van der Waals surface area (Å²) in [7, 11) is 0. The molecule has 5 rings (SSSR count). The molecule has 3 heterocycles. The highest BCUT2D eigenvalue weighted by atomic mass is 16.2. The molecule has 1 aromatic rings. The van der Waals surface area contributed by atoms with Gasteiger partial charge in [-0.25, -0.2) is 0 Å². The van der Waals surface area contributed by atoms with Crippen LogP contribution in [0.2, 0.25) is 0 Å². The highest BCUT2D eigenvalue weighted by Crippen LogP contribution is 2.42. The molecule has 1 unspecified atom stereocenters. The zero-order chi connectivity index (χ0) is 21.5. The Morgan fingerprint density at radius 2 is 1.81 bits per heavy atom. The molecule has 0 bridgehead atoms. The summed E-state index contributed by atoms with van der Waals surface area (Å²) >= 11 is 0. The van der Waals surface area contributed by atoms with E-state index in [0.29, 0.717) is 23.6 Å². The van der Waals surface area contributed by atoms with Crippen LogP contribution < -0.4 is 16.0 Å². The Balaban J connectivity index is 1.24. The number of carbonyl (C=O) groups excluding carboxylic acids is 4. The number of fused-ring (bicyclic) bond motifs is 1. The Kier molecular flexibility index (Phi) is 5.35. The number of benzene rings is 1. The van der Waals surface area contributed by atoms with Crippen LogP contribution in [-0.2, 0) is 16.1 Å². The summed E-state index contributed by atoms with van der Waals surface area (Å²) < 4.78 is 0. The number of piperidine rings is 2. The molecule has 3 atom stereocenters. The average Bonchev–Trinajstić information content (AvgIpc) is 3.57. The number of imide groups is 2. The Labute approximate surface area is 181 Å². The largest absolute Gasteiger partial charge is 0.316 e. The van der Waals surface area contributed by atoms with Crippen LogP contribution in [0.25, 0.3) is 0 Å². The number of hydrogen-bond donors (Lipinski definition) is 3. The zero-order valence-electron chi connectivity index (χ0n) is 17.5. The van der Waals surface area contributed by atoms with E-state index in [4.69, 9.17) is 0 Å². The first kappa shape index (κ1) is 20.3. The highest BCUT2D eigenvalue weighted by molar-refractivity contribution is 6.23. The molecule has 0 spiro atoms. The van der Waals surface area contributed by atoms with Gasteiger partial charge in [0, 0.05) is 13.0 Å². The fourth-order valence-electron chi connectivity index (χ4n) is 5.30. The Morgan fingerprint density at radius 1 is 1.00 bits per heavy atom. The molecule has 4 amide bonds. The van der Waals surface area contributed by atoms with E-state index in [1.807, 2.05) is 6.07 Å². The van der Waals surface area contributed by atoms with Crippen molar-refractivity contribution in [3.63, 3.8) is 0 Å². The van der Waals surface area contributed by atoms with E-state index >= 15 is 0 Å². The van der Waals surface area contributed by atoms with E-state index in [9.17, 15) is 19.2 Å². The number of nitrogens with zero attached hydrogens (tertiary/aromatic N) is 1. The van der Waals surface area contributed by atoms with Crippen molar-refractivity contribution in [1.29, 1.82) is 0 Å². The predicted molar refractivity (Wildman–Crippen MR) is 112 cm³/mol. The summed E-state index contributed by atoms with van der Waals surface area (Å²) in [4.78, 5) is 50.3. The number of amides is 4. The number of nitrogens with one attached hydrogen (secondary N) is 3. The molecular weight excluding hydrogens is 396 g/mol. The molecule has 8 nitrogen and oxygen atoms in total. The second kappa shape index (κ2) is 8.16. The van der Waals surface area contributed by atoms with Crippen molar-refractivity contribution in [3.05, 3.63) is 34.9 Å². The van der Waals surface area contributed by atoms with E-state index in [1.54, 1.807) is 12.1 Å². The van der Waals surface area contributed by atoms with Crippen LogP contribution in [-0.4, -0.2) is 54.2 Å². The fourth-order valence-corrected chi connectivity index (χ4v) is 5.30. The monoisotopic (exact) mass is 424 g/mol. The lowest BCUT2D eigenvalue weighted by Crippen LogP contribution is -2.54. The van der Waals surface area contributed by atoms with Gasteiger partial charge < -0.3 is 10.6 Å². The van der Waals surface area contributed by atoms with Gasteiger partial charge in [0.15, 0.2) is 0 Å². The topological polar surface area (TPSA) is 108 Å². The van der Waals surface area contributed by atoms with Crippen molar-refractivity contribution < 1.29 is 19.2 Å². The van der Waals surface area contributed by atoms with Crippen molar-refractivity contribution in [3.8, 4) is 0 Å². The van der Waals surface area contributed by atoms with E-state index in [-0.39, 0.29) is 18.7 Å². The Bertz CT molecular complexity index is 942. The number of rotatable bonds is 6. The second-order valence-electron chi connectivity index (χ2n) is 9.21. The van der Waals surface area contributed by atoms with Gasteiger partial charge in [0.1, 0.15) is 6.04 Å². The van der Waals surface area contributed by atoms with Crippen molar-refractivity contribution in [2.24, 2.45) is 17.8 Å². The molecule has 164 valence electrons. The molecule has 2 saturated heterocycles. The second-order valence-corrected chi connectivity index (χ2v) is 9.21. The van der Waals surface area contributed by atoms with Crippen LogP contribution in [0.4, 0.5) is 0 Å². The Hall–Kier alpha value is -2.58. The van der Waals surface area contributed by atoms with Gasteiger partial charge >= 0.3 is 0 Å². The average molecular weight is 425 g/mol. The minimum Gasteiger partial charge on any atom is -0.316 e. The first-order valence-corrected chi connectivity index (χ1v) is 11.3. The van der Waals surface area contributed by atoms with Crippen LogP contribution in [0.15, 0.2) is 18.2 Å². The van der Waals surface area contributed by atoms with Crippen LogP contribution >= 0.6 is 0 Å². The van der Waals surface area contributed by atoms with E-state index in [2.05, 4.69) is 16.0 Å². The SMILES string of the molecule is O=C1CCC(N2C(=O)c3ccc(CNC[C@@H]4CCNC[C@@H]4C4CC4)cc3C2=O)C(=O)N1. The van der Waals surface area contributed by atoms with Crippen molar-refractivity contribution in [2.45, 2.75) is 44.7 Å². The third kappa shape index (κ3) is 3.90. The first-order valence-electron chi connectivity index (χ1n) is 11.3. The van der Waals surface area contributed by atoms with E-state index < -0.39 is 23.8 Å². The van der Waals surface area contributed by atoms with Crippen LogP contribution in [0.5, 0.6) is 0 Å². The van der Waals surface area contributed by atoms with Crippen LogP contribution in [0, 0.1) is 17.8 Å². The minimum atomic E-state index is -0.925. The summed E-state index contributed by atoms with van der Waals surface area (Å²) in [5.41, 5.74) is 1.61. The summed E-state index contributed by atoms with van der Waals surface area (Å²) in [5, 5.41) is 9.29. The van der Waals surface area contributed by atoms with Crippen LogP contribution in [0.3, 0.4) is 0 Å². The first-order chi connectivity index (χ1) is 15.0. The van der Waals surface area contributed by atoms with Gasteiger partial charge in [0.05, 0.1) is 11.1 Å². The summed E-state index contributed by atoms with van der Waals surface area (Å²) in [6, 6.07) is 4.38. The van der Waals surface area contributed by atoms with Crippen molar-refractivity contribution in [1.82, 2.24) is 20.9 Å². The maximum Gasteiger partial charge on any atom is 0.262 e. The lowest BCUT2D eigenvalue weighted by atomic mass is 9.83. The molecule has 8 heteroatoms. The van der Waals surface area contributed by atoms with Gasteiger partial charge in [0.25, 0.3) is 11.8 Å². The molecule has 0 aromatic heterocycles. The third-order valence-corrected chi connectivity index (χ3v) is 7.14. The van der Waals surface area contributed by atoms with Gasteiger partial charge in [-0.15, -0.1) is 0 Å². The lowest BCUT2D eigenvalue weighted by Gasteiger charge is -2.32. The van der Waals surface area contributed by atoms with E-state index in [1.165, 1.54) is 19.3 Å². The Morgan fingerprint density at radius 3 is 2.58 bits per heavy atom.